The van der Waals surface area contributed by atoms with Crippen molar-refractivity contribution < 1.29 is 12.8 Å². The molecule has 4 nitrogen and oxygen atoms in total. The fourth-order valence-electron chi connectivity index (χ4n) is 2.24. The van der Waals surface area contributed by atoms with Crippen LogP contribution in [0, 0.1) is 5.82 Å². The topological polar surface area (TPSA) is 49.4 Å². The van der Waals surface area contributed by atoms with Crippen molar-refractivity contribution in [1.29, 1.82) is 0 Å². The highest BCUT2D eigenvalue weighted by Crippen LogP contribution is 2.29. The summed E-state index contributed by atoms with van der Waals surface area (Å²) in [6.45, 7) is 1.56. The first-order valence-electron chi connectivity index (χ1n) is 6.07. The Kier molecular flexibility index (Phi) is 6.40. The molecule has 0 saturated carbocycles. The van der Waals surface area contributed by atoms with Crippen LogP contribution in [0.25, 0.3) is 0 Å². The van der Waals surface area contributed by atoms with Crippen LogP contribution >= 0.6 is 28.3 Å². The van der Waals surface area contributed by atoms with Crippen molar-refractivity contribution in [3.05, 3.63) is 28.5 Å². The van der Waals surface area contributed by atoms with Crippen molar-refractivity contribution in [2.24, 2.45) is 0 Å². The number of sulfonamides is 1. The highest BCUT2D eigenvalue weighted by atomic mass is 79.9. The lowest BCUT2D eigenvalue weighted by molar-refractivity contribution is 0.295. The molecule has 0 aromatic heterocycles. The molecule has 2 rings (SSSR count). The normalized spacial score (nSPS) is 17.0. The number of benzene rings is 1. The van der Waals surface area contributed by atoms with Crippen molar-refractivity contribution in [3.8, 4) is 0 Å². The summed E-state index contributed by atoms with van der Waals surface area (Å²) in [5, 5.41) is 3.18. The van der Waals surface area contributed by atoms with E-state index < -0.39 is 15.8 Å². The molecule has 0 spiro atoms. The lowest BCUT2D eigenvalue weighted by atomic mass is 10.1. The van der Waals surface area contributed by atoms with Gasteiger partial charge in [0.2, 0.25) is 10.0 Å². The molecule has 0 bridgehead atoms. The van der Waals surface area contributed by atoms with Crippen molar-refractivity contribution in [3.63, 3.8) is 0 Å². The van der Waals surface area contributed by atoms with Crippen LogP contribution in [0.5, 0.6) is 0 Å². The van der Waals surface area contributed by atoms with Gasteiger partial charge in [-0.2, -0.15) is 4.31 Å². The van der Waals surface area contributed by atoms with Gasteiger partial charge in [0, 0.05) is 17.6 Å². The van der Waals surface area contributed by atoms with Gasteiger partial charge in [-0.25, -0.2) is 12.8 Å². The smallest absolute Gasteiger partial charge is 0.247 e. The fraction of sp³-hybridized carbons (Fsp3) is 0.500. The van der Waals surface area contributed by atoms with Crippen LogP contribution in [0.2, 0.25) is 0 Å². The van der Waals surface area contributed by atoms with E-state index in [2.05, 4.69) is 21.2 Å². The molecule has 114 valence electrons. The first kappa shape index (κ1) is 17.8. The lowest BCUT2D eigenvalue weighted by Crippen LogP contribution is -2.44. The molecular weight excluding hydrogens is 371 g/mol. The number of hydrogen-bond acceptors (Lipinski definition) is 3. The fourth-order valence-corrected chi connectivity index (χ4v) is 4.72. The highest BCUT2D eigenvalue weighted by Gasteiger charge is 2.32. The third-order valence-electron chi connectivity index (χ3n) is 3.38. The van der Waals surface area contributed by atoms with E-state index in [4.69, 9.17) is 0 Å². The molecule has 1 fully saturated rings. The first-order valence-corrected chi connectivity index (χ1v) is 8.30. The van der Waals surface area contributed by atoms with Gasteiger partial charge in [-0.05, 0) is 54.0 Å². The molecule has 1 aromatic carbocycles. The van der Waals surface area contributed by atoms with Crippen LogP contribution in [0.4, 0.5) is 4.39 Å². The van der Waals surface area contributed by atoms with Gasteiger partial charge in [0.05, 0.1) is 0 Å². The minimum atomic E-state index is -3.82. The predicted octanol–water partition coefficient (Wildman–Crippen LogP) is 2.38. The second-order valence-corrected chi connectivity index (χ2v) is 7.34. The Balaban J connectivity index is 0.00000200. The molecule has 1 saturated heterocycles. The zero-order valence-electron chi connectivity index (χ0n) is 11.0. The SMILES string of the molecule is CN(C1CCNCC1)S(=O)(=O)c1c(F)cccc1Br.Cl. The van der Waals surface area contributed by atoms with E-state index in [1.54, 1.807) is 0 Å². The number of rotatable bonds is 3. The molecule has 1 aromatic rings. The van der Waals surface area contributed by atoms with Crippen LogP contribution < -0.4 is 5.32 Å². The second kappa shape index (κ2) is 7.17. The molecule has 0 atom stereocenters. The predicted molar refractivity (Wildman–Crippen MR) is 82.2 cm³/mol. The average Bonchev–Trinajstić information content (AvgIpc) is 2.38. The second-order valence-electron chi connectivity index (χ2n) is 4.55. The number of halogens is 3. The van der Waals surface area contributed by atoms with E-state index >= 15 is 0 Å². The maximum atomic E-state index is 13.8. The molecule has 1 heterocycles. The van der Waals surface area contributed by atoms with Crippen molar-refractivity contribution >= 4 is 38.4 Å². The van der Waals surface area contributed by atoms with E-state index in [1.807, 2.05) is 0 Å². The number of nitrogens with one attached hydrogen (secondary N) is 1. The standard InChI is InChI=1S/C12H16BrFN2O2S.ClH/c1-16(9-5-7-15-8-6-9)19(17,18)12-10(13)3-2-4-11(12)14;/h2-4,9,15H,5-8H2,1H3;1H. The highest BCUT2D eigenvalue weighted by molar-refractivity contribution is 9.10. The van der Waals surface area contributed by atoms with E-state index in [0.29, 0.717) is 0 Å². The zero-order valence-corrected chi connectivity index (χ0v) is 14.2. The van der Waals surface area contributed by atoms with Gasteiger partial charge < -0.3 is 5.32 Å². The van der Waals surface area contributed by atoms with E-state index in [0.717, 1.165) is 32.0 Å². The molecule has 0 aliphatic carbocycles. The number of nitrogens with zero attached hydrogens (tertiary/aromatic N) is 1. The first-order chi connectivity index (χ1) is 8.94. The maximum Gasteiger partial charge on any atom is 0.247 e. The Bertz CT molecular complexity index is 544. The molecule has 1 aliphatic rings. The van der Waals surface area contributed by atoms with Gasteiger partial charge in [0.25, 0.3) is 0 Å². The maximum absolute atomic E-state index is 13.8. The molecule has 0 radical (unpaired) electrons. The van der Waals surface area contributed by atoms with Gasteiger partial charge >= 0.3 is 0 Å². The Morgan fingerprint density at radius 2 is 1.95 bits per heavy atom. The van der Waals surface area contributed by atoms with Crippen molar-refractivity contribution in [2.45, 2.75) is 23.8 Å². The van der Waals surface area contributed by atoms with Crippen molar-refractivity contribution in [2.75, 3.05) is 20.1 Å². The van der Waals surface area contributed by atoms with Gasteiger partial charge in [-0.15, -0.1) is 12.4 Å². The summed E-state index contributed by atoms with van der Waals surface area (Å²) in [7, 11) is -2.30. The molecule has 1 N–H and O–H groups in total. The summed E-state index contributed by atoms with van der Waals surface area (Å²) in [6.07, 6.45) is 1.48. The van der Waals surface area contributed by atoms with E-state index in [1.165, 1.54) is 23.5 Å². The molecule has 0 amide bonds. The Morgan fingerprint density at radius 1 is 1.35 bits per heavy atom. The molecule has 8 heteroatoms. The average molecular weight is 388 g/mol. The van der Waals surface area contributed by atoms with Crippen molar-refractivity contribution in [1.82, 2.24) is 9.62 Å². The van der Waals surface area contributed by atoms with E-state index in [-0.39, 0.29) is 27.8 Å². The summed E-state index contributed by atoms with van der Waals surface area (Å²) in [4.78, 5) is -0.281. The Labute approximate surface area is 133 Å². The summed E-state index contributed by atoms with van der Waals surface area (Å²) in [5.74, 6) is -0.727. The van der Waals surface area contributed by atoms with Crippen LogP contribution in [0.15, 0.2) is 27.6 Å². The summed E-state index contributed by atoms with van der Waals surface area (Å²) < 4.78 is 40.4. The summed E-state index contributed by atoms with van der Waals surface area (Å²) in [5.41, 5.74) is 0. The van der Waals surface area contributed by atoms with Crippen LogP contribution in [0.1, 0.15) is 12.8 Å². The quantitative estimate of drug-likeness (QED) is 0.866. The van der Waals surface area contributed by atoms with Crippen LogP contribution in [-0.2, 0) is 10.0 Å². The Hall–Kier alpha value is -0.210. The third kappa shape index (κ3) is 3.51. The molecule has 1 aliphatic heterocycles. The third-order valence-corrected chi connectivity index (χ3v) is 6.29. The van der Waals surface area contributed by atoms with Crippen LogP contribution in [0.3, 0.4) is 0 Å². The van der Waals surface area contributed by atoms with Gasteiger partial charge in [0.15, 0.2) is 0 Å². The molecular formula is C12H17BrClFN2O2S. The Morgan fingerprint density at radius 3 is 2.50 bits per heavy atom. The minimum Gasteiger partial charge on any atom is -0.317 e. The number of hydrogen-bond donors (Lipinski definition) is 1. The molecule has 20 heavy (non-hydrogen) atoms. The largest absolute Gasteiger partial charge is 0.317 e. The number of piperidine rings is 1. The lowest BCUT2D eigenvalue weighted by Gasteiger charge is -2.31. The molecule has 0 unspecified atom stereocenters. The van der Waals surface area contributed by atoms with E-state index in [9.17, 15) is 12.8 Å². The zero-order chi connectivity index (χ0) is 14.0. The summed E-state index contributed by atoms with van der Waals surface area (Å²) in [6, 6.07) is 4.08. The van der Waals surface area contributed by atoms with Crippen LogP contribution in [-0.4, -0.2) is 38.9 Å². The van der Waals surface area contributed by atoms with Gasteiger partial charge in [-0.3, -0.25) is 0 Å². The minimum absolute atomic E-state index is 0. The summed E-state index contributed by atoms with van der Waals surface area (Å²) >= 11 is 3.12. The van der Waals surface area contributed by atoms with Gasteiger partial charge in [0.1, 0.15) is 10.7 Å². The monoisotopic (exact) mass is 386 g/mol. The van der Waals surface area contributed by atoms with Gasteiger partial charge in [-0.1, -0.05) is 6.07 Å².